The van der Waals surface area contributed by atoms with E-state index in [2.05, 4.69) is 32.3 Å². The second-order valence-corrected chi connectivity index (χ2v) is 5.20. The van der Waals surface area contributed by atoms with E-state index < -0.39 is 0 Å². The summed E-state index contributed by atoms with van der Waals surface area (Å²) in [6.45, 7) is 2.28. The number of benzene rings is 1. The van der Waals surface area contributed by atoms with Crippen LogP contribution in [0.5, 0.6) is 0 Å². The third-order valence-corrected chi connectivity index (χ3v) is 3.64. The van der Waals surface area contributed by atoms with Crippen LogP contribution in [0.15, 0.2) is 30.5 Å². The Morgan fingerprint density at radius 3 is 2.55 bits per heavy atom. The molecule has 0 atom stereocenters. The normalized spacial score (nSPS) is 14.6. The van der Waals surface area contributed by atoms with Crippen LogP contribution in [0.2, 0.25) is 5.02 Å². The SMILES string of the molecule is Nc1ncc(Cl)c(Nc2ccc(N3CCCC3)cc2)n1. The van der Waals surface area contributed by atoms with Crippen molar-refractivity contribution in [1.29, 1.82) is 0 Å². The molecule has 1 saturated heterocycles. The summed E-state index contributed by atoms with van der Waals surface area (Å²) in [6, 6.07) is 8.24. The number of halogens is 1. The molecule has 5 nitrogen and oxygen atoms in total. The van der Waals surface area contributed by atoms with Crippen LogP contribution in [0.25, 0.3) is 0 Å². The minimum atomic E-state index is 0.200. The molecule has 1 fully saturated rings. The predicted octanol–water partition coefficient (Wildman–Crippen LogP) is 3.06. The van der Waals surface area contributed by atoms with Gasteiger partial charge in [0, 0.05) is 24.5 Å². The van der Waals surface area contributed by atoms with Crippen molar-refractivity contribution in [3.63, 3.8) is 0 Å². The Morgan fingerprint density at radius 2 is 1.85 bits per heavy atom. The molecule has 3 rings (SSSR count). The Balaban J connectivity index is 1.76. The Kier molecular flexibility index (Phi) is 3.60. The minimum Gasteiger partial charge on any atom is -0.372 e. The first-order chi connectivity index (χ1) is 9.72. The zero-order valence-corrected chi connectivity index (χ0v) is 11.8. The summed E-state index contributed by atoms with van der Waals surface area (Å²) < 4.78 is 0. The van der Waals surface area contributed by atoms with Crippen molar-refractivity contribution in [2.45, 2.75) is 12.8 Å². The van der Waals surface area contributed by atoms with E-state index in [0.717, 1.165) is 18.8 Å². The smallest absolute Gasteiger partial charge is 0.222 e. The van der Waals surface area contributed by atoms with Gasteiger partial charge < -0.3 is 16.0 Å². The fourth-order valence-electron chi connectivity index (χ4n) is 2.34. The zero-order valence-electron chi connectivity index (χ0n) is 11.0. The average molecular weight is 290 g/mol. The standard InChI is InChI=1S/C14H16ClN5/c15-12-9-17-14(16)19-13(12)18-10-3-5-11(6-4-10)20-7-1-2-8-20/h3-6,9H,1-2,7-8H2,(H3,16,17,18,19). The van der Waals surface area contributed by atoms with Crippen molar-refractivity contribution < 1.29 is 0 Å². The van der Waals surface area contributed by atoms with Crippen LogP contribution in [0, 0.1) is 0 Å². The van der Waals surface area contributed by atoms with Gasteiger partial charge in [-0.05, 0) is 37.1 Å². The third kappa shape index (κ3) is 2.77. The number of nitrogens with two attached hydrogens (primary N) is 1. The fraction of sp³-hybridized carbons (Fsp3) is 0.286. The lowest BCUT2D eigenvalue weighted by molar-refractivity contribution is 0.949. The van der Waals surface area contributed by atoms with E-state index in [4.69, 9.17) is 17.3 Å². The molecule has 0 amide bonds. The van der Waals surface area contributed by atoms with Crippen molar-refractivity contribution in [3.8, 4) is 0 Å². The molecule has 3 N–H and O–H groups in total. The van der Waals surface area contributed by atoms with Crippen LogP contribution in [-0.2, 0) is 0 Å². The van der Waals surface area contributed by atoms with Gasteiger partial charge in [0.05, 0.1) is 6.20 Å². The minimum absolute atomic E-state index is 0.200. The first kappa shape index (κ1) is 13.0. The highest BCUT2D eigenvalue weighted by atomic mass is 35.5. The topological polar surface area (TPSA) is 67.1 Å². The third-order valence-electron chi connectivity index (χ3n) is 3.36. The van der Waals surface area contributed by atoms with E-state index >= 15 is 0 Å². The van der Waals surface area contributed by atoms with Crippen LogP contribution in [0.3, 0.4) is 0 Å². The molecule has 2 aromatic rings. The number of anilines is 4. The van der Waals surface area contributed by atoms with E-state index in [1.807, 2.05) is 12.1 Å². The lowest BCUT2D eigenvalue weighted by Crippen LogP contribution is -2.17. The number of nitrogens with one attached hydrogen (secondary N) is 1. The van der Waals surface area contributed by atoms with E-state index in [1.165, 1.54) is 24.7 Å². The van der Waals surface area contributed by atoms with Gasteiger partial charge in [-0.3, -0.25) is 0 Å². The Hall–Kier alpha value is -2.01. The molecule has 0 radical (unpaired) electrons. The Bertz CT molecular complexity index is 593. The summed E-state index contributed by atoms with van der Waals surface area (Å²) in [5.74, 6) is 0.721. The lowest BCUT2D eigenvalue weighted by Gasteiger charge is -2.18. The summed E-state index contributed by atoms with van der Waals surface area (Å²) >= 11 is 6.03. The fourth-order valence-corrected chi connectivity index (χ4v) is 2.47. The predicted molar refractivity (Wildman–Crippen MR) is 82.6 cm³/mol. The van der Waals surface area contributed by atoms with E-state index in [1.54, 1.807) is 0 Å². The van der Waals surface area contributed by atoms with Crippen molar-refractivity contribution in [2.24, 2.45) is 0 Å². The lowest BCUT2D eigenvalue weighted by atomic mass is 10.2. The van der Waals surface area contributed by atoms with Gasteiger partial charge in [0.25, 0.3) is 0 Å². The van der Waals surface area contributed by atoms with E-state index in [0.29, 0.717) is 10.8 Å². The highest BCUT2D eigenvalue weighted by molar-refractivity contribution is 6.32. The number of hydrogen-bond donors (Lipinski definition) is 2. The van der Waals surface area contributed by atoms with Crippen LogP contribution in [0.4, 0.5) is 23.1 Å². The first-order valence-electron chi connectivity index (χ1n) is 6.62. The molecular formula is C14H16ClN5. The van der Waals surface area contributed by atoms with Crippen LogP contribution in [0.1, 0.15) is 12.8 Å². The number of hydrogen-bond acceptors (Lipinski definition) is 5. The Labute approximate surface area is 122 Å². The monoisotopic (exact) mass is 289 g/mol. The molecule has 1 aromatic carbocycles. The van der Waals surface area contributed by atoms with Gasteiger partial charge in [-0.25, -0.2) is 4.98 Å². The molecule has 1 aliphatic heterocycles. The number of rotatable bonds is 3. The summed E-state index contributed by atoms with van der Waals surface area (Å²) in [4.78, 5) is 10.3. The molecule has 1 aliphatic rings. The second kappa shape index (κ2) is 5.54. The van der Waals surface area contributed by atoms with Crippen molar-refractivity contribution >= 4 is 34.7 Å². The van der Waals surface area contributed by atoms with E-state index in [9.17, 15) is 0 Å². The number of aromatic nitrogens is 2. The summed E-state index contributed by atoms with van der Waals surface area (Å²) in [5.41, 5.74) is 7.74. The molecule has 0 bridgehead atoms. The van der Waals surface area contributed by atoms with Crippen LogP contribution in [-0.4, -0.2) is 23.1 Å². The van der Waals surface area contributed by atoms with Gasteiger partial charge >= 0.3 is 0 Å². The molecule has 104 valence electrons. The highest BCUT2D eigenvalue weighted by Gasteiger charge is 2.12. The molecule has 0 unspecified atom stereocenters. The largest absolute Gasteiger partial charge is 0.372 e. The van der Waals surface area contributed by atoms with Gasteiger partial charge in [-0.15, -0.1) is 0 Å². The van der Waals surface area contributed by atoms with E-state index in [-0.39, 0.29) is 5.95 Å². The van der Waals surface area contributed by atoms with Gasteiger partial charge in [0.15, 0.2) is 5.82 Å². The number of nitrogens with zero attached hydrogens (tertiary/aromatic N) is 3. The molecule has 2 heterocycles. The van der Waals surface area contributed by atoms with Gasteiger partial charge in [0.1, 0.15) is 5.02 Å². The second-order valence-electron chi connectivity index (χ2n) is 4.79. The molecule has 6 heteroatoms. The van der Waals surface area contributed by atoms with Crippen molar-refractivity contribution in [1.82, 2.24) is 9.97 Å². The van der Waals surface area contributed by atoms with Crippen LogP contribution >= 0.6 is 11.6 Å². The van der Waals surface area contributed by atoms with Crippen molar-refractivity contribution in [3.05, 3.63) is 35.5 Å². The summed E-state index contributed by atoms with van der Waals surface area (Å²) in [7, 11) is 0. The molecule has 20 heavy (non-hydrogen) atoms. The zero-order chi connectivity index (χ0) is 13.9. The molecule has 1 aromatic heterocycles. The number of nitrogen functional groups attached to an aromatic ring is 1. The van der Waals surface area contributed by atoms with Gasteiger partial charge in [-0.1, -0.05) is 11.6 Å². The van der Waals surface area contributed by atoms with Crippen LogP contribution < -0.4 is 16.0 Å². The molecule has 0 aliphatic carbocycles. The summed E-state index contributed by atoms with van der Waals surface area (Å²) in [5, 5.41) is 3.60. The molecule has 0 spiro atoms. The highest BCUT2D eigenvalue weighted by Crippen LogP contribution is 2.26. The molecular weight excluding hydrogens is 274 g/mol. The first-order valence-corrected chi connectivity index (χ1v) is 7.00. The average Bonchev–Trinajstić information content (AvgIpc) is 2.98. The maximum atomic E-state index is 6.03. The molecule has 0 saturated carbocycles. The van der Waals surface area contributed by atoms with Crippen molar-refractivity contribution in [2.75, 3.05) is 29.0 Å². The summed E-state index contributed by atoms with van der Waals surface area (Å²) in [6.07, 6.45) is 4.04. The van der Waals surface area contributed by atoms with Gasteiger partial charge in [-0.2, -0.15) is 4.98 Å². The quantitative estimate of drug-likeness (QED) is 0.909. The maximum Gasteiger partial charge on any atom is 0.222 e. The Morgan fingerprint density at radius 1 is 1.15 bits per heavy atom. The maximum absolute atomic E-state index is 6.03. The van der Waals surface area contributed by atoms with Gasteiger partial charge in [0.2, 0.25) is 5.95 Å².